The van der Waals surface area contributed by atoms with E-state index < -0.39 is 11.9 Å². The van der Waals surface area contributed by atoms with Gasteiger partial charge in [-0.1, -0.05) is 48.9 Å². The van der Waals surface area contributed by atoms with Gasteiger partial charge in [-0.25, -0.2) is 9.59 Å². The Hall–Kier alpha value is -2.31. The van der Waals surface area contributed by atoms with Crippen molar-refractivity contribution in [3.8, 4) is 5.75 Å². The molecule has 3 rings (SSSR count). The molecule has 2 N–H and O–H groups in total. The summed E-state index contributed by atoms with van der Waals surface area (Å²) in [4.78, 5) is 20.8. The second-order valence-corrected chi connectivity index (χ2v) is 7.69. The highest BCUT2D eigenvalue weighted by Gasteiger charge is 2.14. The number of carboxylic acids is 2. The number of piperidine rings is 1. The first kappa shape index (κ1) is 23.0. The maximum atomic E-state index is 9.10. The summed E-state index contributed by atoms with van der Waals surface area (Å²) < 4.78 is 6.01. The highest BCUT2D eigenvalue weighted by molar-refractivity contribution is 6.33. The van der Waals surface area contributed by atoms with E-state index in [1.54, 1.807) is 0 Å². The molecule has 0 unspecified atom stereocenters. The predicted molar refractivity (Wildman–Crippen MR) is 114 cm³/mol. The zero-order valence-electron chi connectivity index (χ0n) is 16.6. The van der Waals surface area contributed by atoms with Gasteiger partial charge in [0.15, 0.2) is 0 Å². The lowest BCUT2D eigenvalue weighted by molar-refractivity contribution is -0.159. The van der Waals surface area contributed by atoms with Crippen LogP contribution in [0.25, 0.3) is 10.8 Å². The van der Waals surface area contributed by atoms with Gasteiger partial charge in [0.1, 0.15) is 5.75 Å². The largest absolute Gasteiger partial charge is 0.491 e. The fourth-order valence-corrected chi connectivity index (χ4v) is 3.48. The monoisotopic (exact) mass is 421 g/mol. The Morgan fingerprint density at radius 3 is 2.38 bits per heavy atom. The number of benzene rings is 2. The molecule has 1 aliphatic rings. The molecule has 7 heteroatoms. The first-order valence-corrected chi connectivity index (χ1v) is 10.2. The summed E-state index contributed by atoms with van der Waals surface area (Å²) in [5.74, 6) is -1.91. The van der Waals surface area contributed by atoms with E-state index in [2.05, 4.69) is 24.0 Å². The molecule has 0 radical (unpaired) electrons. The zero-order chi connectivity index (χ0) is 21.2. The van der Waals surface area contributed by atoms with Crippen molar-refractivity contribution >= 4 is 34.3 Å². The van der Waals surface area contributed by atoms with Gasteiger partial charge in [-0.05, 0) is 62.7 Å². The van der Waals surface area contributed by atoms with Crippen LogP contribution in [0, 0.1) is 5.92 Å². The molecule has 0 aliphatic carbocycles. The van der Waals surface area contributed by atoms with Gasteiger partial charge in [-0.2, -0.15) is 0 Å². The molecule has 1 heterocycles. The maximum Gasteiger partial charge on any atom is 0.414 e. The van der Waals surface area contributed by atoms with E-state index in [9.17, 15) is 0 Å². The number of aliphatic carboxylic acids is 2. The number of ether oxygens (including phenoxy) is 1. The van der Waals surface area contributed by atoms with E-state index in [1.807, 2.05) is 24.3 Å². The van der Waals surface area contributed by atoms with Crippen molar-refractivity contribution in [2.75, 3.05) is 26.2 Å². The van der Waals surface area contributed by atoms with Crippen molar-refractivity contribution in [2.45, 2.75) is 32.6 Å². The van der Waals surface area contributed by atoms with E-state index in [0.29, 0.717) is 5.02 Å². The second kappa shape index (κ2) is 11.6. The summed E-state index contributed by atoms with van der Waals surface area (Å²) in [6, 6.07) is 12.2. The average Bonchev–Trinajstić information content (AvgIpc) is 2.71. The molecule has 0 saturated carbocycles. The van der Waals surface area contributed by atoms with Crippen molar-refractivity contribution in [3.05, 3.63) is 41.4 Å². The van der Waals surface area contributed by atoms with Gasteiger partial charge < -0.3 is 19.8 Å². The summed E-state index contributed by atoms with van der Waals surface area (Å²) in [6.07, 6.45) is 4.96. The lowest BCUT2D eigenvalue weighted by Gasteiger charge is -2.30. The van der Waals surface area contributed by atoms with Crippen molar-refractivity contribution in [1.82, 2.24) is 4.90 Å². The third kappa shape index (κ3) is 7.55. The predicted octanol–water partition coefficient (Wildman–Crippen LogP) is 4.54. The fraction of sp³-hybridized carbons (Fsp3) is 0.455. The summed E-state index contributed by atoms with van der Waals surface area (Å²) in [6.45, 7) is 6.81. The molecule has 0 amide bonds. The Morgan fingerprint density at radius 1 is 1.07 bits per heavy atom. The molecule has 0 aromatic heterocycles. The second-order valence-electron chi connectivity index (χ2n) is 7.29. The standard InChI is InChI=1S/C20H26ClNO.C2H2O4/c1-16-10-13-22(14-11-16)12-4-5-15-23-20-18-7-3-2-6-17(18)8-9-19(20)21;3-1(4)2(5)6/h2-3,6-9,16H,4-5,10-15H2,1H3;(H,3,4)(H,5,6). The molecule has 29 heavy (non-hydrogen) atoms. The van der Waals surface area contributed by atoms with Crippen LogP contribution in [0.15, 0.2) is 36.4 Å². The Morgan fingerprint density at radius 2 is 1.72 bits per heavy atom. The van der Waals surface area contributed by atoms with Gasteiger partial charge in [0, 0.05) is 5.39 Å². The number of likely N-dealkylation sites (tertiary alicyclic amines) is 1. The molecule has 0 atom stereocenters. The maximum absolute atomic E-state index is 9.10. The van der Waals surface area contributed by atoms with Gasteiger partial charge in [0.2, 0.25) is 0 Å². The van der Waals surface area contributed by atoms with Crippen LogP contribution in [0.2, 0.25) is 5.02 Å². The van der Waals surface area contributed by atoms with E-state index in [-0.39, 0.29) is 0 Å². The topological polar surface area (TPSA) is 87.1 Å². The number of hydrogen-bond donors (Lipinski definition) is 2. The number of carbonyl (C=O) groups is 2. The Balaban J connectivity index is 0.000000438. The molecule has 158 valence electrons. The van der Waals surface area contributed by atoms with Crippen LogP contribution in [0.5, 0.6) is 5.75 Å². The van der Waals surface area contributed by atoms with Gasteiger partial charge in [-0.3, -0.25) is 0 Å². The molecule has 1 aliphatic heterocycles. The lowest BCUT2D eigenvalue weighted by atomic mass is 9.99. The average molecular weight is 422 g/mol. The normalized spacial score (nSPS) is 14.8. The zero-order valence-corrected chi connectivity index (χ0v) is 17.4. The van der Waals surface area contributed by atoms with Gasteiger partial charge in [0.05, 0.1) is 11.6 Å². The molecule has 0 spiro atoms. The summed E-state index contributed by atoms with van der Waals surface area (Å²) >= 11 is 6.32. The number of nitrogens with zero attached hydrogens (tertiary/aromatic N) is 1. The van der Waals surface area contributed by atoms with Crippen LogP contribution in [-0.4, -0.2) is 53.3 Å². The molecule has 0 bridgehead atoms. The molecule has 1 saturated heterocycles. The number of unbranched alkanes of at least 4 members (excludes halogenated alkanes) is 1. The number of carboxylic acid groups (broad SMARTS) is 2. The van der Waals surface area contributed by atoms with Crippen LogP contribution in [-0.2, 0) is 9.59 Å². The van der Waals surface area contributed by atoms with Crippen LogP contribution in [0.4, 0.5) is 0 Å². The van der Waals surface area contributed by atoms with Crippen molar-refractivity contribution in [2.24, 2.45) is 5.92 Å². The molecular formula is C22H28ClNO5. The first-order valence-electron chi connectivity index (χ1n) is 9.87. The highest BCUT2D eigenvalue weighted by Crippen LogP contribution is 2.33. The minimum Gasteiger partial charge on any atom is -0.491 e. The van der Waals surface area contributed by atoms with Crippen molar-refractivity contribution < 1.29 is 24.5 Å². The van der Waals surface area contributed by atoms with E-state index in [0.717, 1.165) is 30.1 Å². The summed E-state index contributed by atoms with van der Waals surface area (Å²) in [5.41, 5.74) is 0. The lowest BCUT2D eigenvalue weighted by Crippen LogP contribution is -2.33. The SMILES string of the molecule is CC1CCN(CCCCOc2c(Cl)ccc3ccccc23)CC1.O=C(O)C(=O)O. The summed E-state index contributed by atoms with van der Waals surface area (Å²) in [7, 11) is 0. The van der Waals surface area contributed by atoms with Gasteiger partial charge in [0.25, 0.3) is 0 Å². The van der Waals surface area contributed by atoms with Crippen LogP contribution in [0.1, 0.15) is 32.6 Å². The number of halogens is 1. The van der Waals surface area contributed by atoms with Gasteiger partial charge in [-0.15, -0.1) is 0 Å². The quantitative estimate of drug-likeness (QED) is 0.526. The van der Waals surface area contributed by atoms with Gasteiger partial charge >= 0.3 is 11.9 Å². The molecule has 2 aromatic carbocycles. The Kier molecular flexibility index (Phi) is 9.22. The van der Waals surface area contributed by atoms with Crippen molar-refractivity contribution in [3.63, 3.8) is 0 Å². The van der Waals surface area contributed by atoms with E-state index in [1.165, 1.54) is 44.3 Å². The van der Waals surface area contributed by atoms with E-state index >= 15 is 0 Å². The van der Waals surface area contributed by atoms with Crippen molar-refractivity contribution in [1.29, 1.82) is 0 Å². The minimum absolute atomic E-state index is 0.703. The van der Waals surface area contributed by atoms with E-state index in [4.69, 9.17) is 36.1 Å². The van der Waals surface area contributed by atoms with Crippen LogP contribution in [0.3, 0.4) is 0 Å². The molecular weight excluding hydrogens is 394 g/mol. The molecule has 2 aromatic rings. The number of fused-ring (bicyclic) bond motifs is 1. The number of hydrogen-bond acceptors (Lipinski definition) is 4. The third-order valence-corrected chi connectivity index (χ3v) is 5.30. The van der Waals surface area contributed by atoms with Crippen LogP contribution < -0.4 is 4.74 Å². The Labute approximate surface area is 176 Å². The highest BCUT2D eigenvalue weighted by atomic mass is 35.5. The summed E-state index contributed by atoms with van der Waals surface area (Å²) in [5, 5.41) is 17.8. The molecule has 1 fully saturated rings. The molecule has 6 nitrogen and oxygen atoms in total. The minimum atomic E-state index is -1.82. The third-order valence-electron chi connectivity index (χ3n) is 5.01. The number of rotatable bonds is 6. The Bertz CT molecular complexity index is 806. The first-order chi connectivity index (χ1) is 13.9. The fourth-order valence-electron chi connectivity index (χ4n) is 3.26. The smallest absolute Gasteiger partial charge is 0.414 e. The van der Waals surface area contributed by atoms with Crippen LogP contribution >= 0.6 is 11.6 Å².